The fourth-order valence-electron chi connectivity index (χ4n) is 3.48. The van der Waals surface area contributed by atoms with Crippen LogP contribution in [0.3, 0.4) is 0 Å². The first-order valence-electron chi connectivity index (χ1n) is 8.19. The van der Waals surface area contributed by atoms with Gasteiger partial charge in [-0.1, -0.05) is 30.0 Å². The van der Waals surface area contributed by atoms with Crippen molar-refractivity contribution in [3.63, 3.8) is 0 Å². The van der Waals surface area contributed by atoms with E-state index in [-0.39, 0.29) is 6.10 Å². The summed E-state index contributed by atoms with van der Waals surface area (Å²) >= 11 is 0. The fourth-order valence-corrected chi connectivity index (χ4v) is 3.48. The molecule has 3 nitrogen and oxygen atoms in total. The van der Waals surface area contributed by atoms with Gasteiger partial charge in [0.1, 0.15) is 0 Å². The van der Waals surface area contributed by atoms with Crippen molar-refractivity contribution < 1.29 is 4.74 Å². The first-order chi connectivity index (χ1) is 11.3. The number of nitrogens with zero attached hydrogens (tertiary/aromatic N) is 2. The summed E-state index contributed by atoms with van der Waals surface area (Å²) in [5.74, 6) is 6.44. The molecule has 0 radical (unpaired) electrons. The normalized spacial score (nSPS) is 23.3. The average Bonchev–Trinajstić information content (AvgIpc) is 2.61. The molecule has 0 N–H and O–H groups in total. The molecule has 2 aliphatic rings. The van der Waals surface area contributed by atoms with Crippen molar-refractivity contribution >= 4 is 0 Å². The number of benzene rings is 1. The average molecular weight is 304 g/mol. The monoisotopic (exact) mass is 304 g/mol. The van der Waals surface area contributed by atoms with Gasteiger partial charge in [-0.2, -0.15) is 0 Å². The lowest BCUT2D eigenvalue weighted by Gasteiger charge is -2.42. The lowest BCUT2D eigenvalue weighted by Crippen LogP contribution is -2.47. The van der Waals surface area contributed by atoms with Gasteiger partial charge in [0.25, 0.3) is 0 Å². The van der Waals surface area contributed by atoms with E-state index in [1.54, 1.807) is 0 Å². The highest BCUT2D eigenvalue weighted by Gasteiger charge is 2.36. The Kier molecular flexibility index (Phi) is 3.87. The van der Waals surface area contributed by atoms with Gasteiger partial charge in [0.05, 0.1) is 12.7 Å². The van der Waals surface area contributed by atoms with Gasteiger partial charge in [-0.15, -0.1) is 0 Å². The van der Waals surface area contributed by atoms with Crippen LogP contribution in [0, 0.1) is 11.8 Å². The second kappa shape index (κ2) is 6.16. The van der Waals surface area contributed by atoms with Gasteiger partial charge in [-0.05, 0) is 38.1 Å². The van der Waals surface area contributed by atoms with E-state index in [9.17, 15) is 0 Å². The molecule has 1 aromatic carbocycles. The Hall–Kier alpha value is -2.15. The highest BCUT2D eigenvalue weighted by Crippen LogP contribution is 2.36. The Balaban J connectivity index is 1.65. The molecule has 1 aromatic heterocycles. The zero-order valence-corrected chi connectivity index (χ0v) is 13.3. The maximum absolute atomic E-state index is 6.07. The summed E-state index contributed by atoms with van der Waals surface area (Å²) in [7, 11) is 2.19. The maximum Gasteiger partial charge on any atom is 0.0998 e. The van der Waals surface area contributed by atoms with Crippen molar-refractivity contribution in [3.05, 3.63) is 65.0 Å². The van der Waals surface area contributed by atoms with Crippen LogP contribution < -0.4 is 0 Å². The third-order valence-corrected chi connectivity index (χ3v) is 4.77. The SMILES string of the molecule is CN1CCO[C@@H]2c3cc(C#Cc4ccccc4)cnc3CC[C@@H]21. The van der Waals surface area contributed by atoms with Crippen molar-refractivity contribution in [1.82, 2.24) is 9.88 Å². The third kappa shape index (κ3) is 2.88. The first-order valence-corrected chi connectivity index (χ1v) is 8.19. The van der Waals surface area contributed by atoms with E-state index in [1.807, 2.05) is 36.5 Å². The Morgan fingerprint density at radius 2 is 2.00 bits per heavy atom. The number of pyridine rings is 1. The van der Waals surface area contributed by atoms with Crippen molar-refractivity contribution in [2.45, 2.75) is 25.0 Å². The highest BCUT2D eigenvalue weighted by molar-refractivity contribution is 5.44. The van der Waals surface area contributed by atoms with Crippen LogP contribution in [0.25, 0.3) is 0 Å². The molecule has 2 atom stereocenters. The molecule has 2 heterocycles. The minimum absolute atomic E-state index is 0.142. The Bertz CT molecular complexity index is 760. The quantitative estimate of drug-likeness (QED) is 0.700. The van der Waals surface area contributed by atoms with Gasteiger partial charge in [0.2, 0.25) is 0 Å². The topological polar surface area (TPSA) is 25.4 Å². The molecular formula is C20H20N2O. The molecule has 116 valence electrons. The number of morpholine rings is 1. The largest absolute Gasteiger partial charge is 0.370 e. The molecule has 0 bridgehead atoms. The van der Waals surface area contributed by atoms with Crippen molar-refractivity contribution in [3.8, 4) is 11.8 Å². The van der Waals surface area contributed by atoms with Crippen LogP contribution in [0.2, 0.25) is 0 Å². The number of ether oxygens (including phenoxy) is 1. The number of fused-ring (bicyclic) bond motifs is 3. The summed E-state index contributed by atoms with van der Waals surface area (Å²) in [4.78, 5) is 7.06. The van der Waals surface area contributed by atoms with Gasteiger partial charge in [0, 0.05) is 41.2 Å². The maximum atomic E-state index is 6.07. The molecule has 1 saturated heterocycles. The number of aryl methyl sites for hydroxylation is 1. The number of hydrogen-bond donors (Lipinski definition) is 0. The number of hydrogen-bond acceptors (Lipinski definition) is 3. The molecule has 2 aromatic rings. The van der Waals surface area contributed by atoms with Gasteiger partial charge in [-0.3, -0.25) is 9.88 Å². The van der Waals surface area contributed by atoms with Crippen LogP contribution in [-0.4, -0.2) is 36.1 Å². The standard InChI is InChI=1S/C20H20N2O/c1-22-11-12-23-20-17-13-16(8-7-15-5-3-2-4-6-15)14-21-18(17)9-10-19(20)22/h2-6,13-14,19-20H,9-12H2,1H3/t19-,20+/m0/s1. The Morgan fingerprint density at radius 3 is 2.87 bits per heavy atom. The predicted molar refractivity (Wildman–Crippen MR) is 90.1 cm³/mol. The summed E-state index contributed by atoms with van der Waals surface area (Å²) in [5, 5.41) is 0. The smallest absolute Gasteiger partial charge is 0.0998 e. The molecule has 0 saturated carbocycles. The first kappa shape index (κ1) is 14.4. The minimum atomic E-state index is 0.142. The molecule has 23 heavy (non-hydrogen) atoms. The number of aromatic nitrogens is 1. The van der Waals surface area contributed by atoms with Gasteiger partial charge in [0.15, 0.2) is 0 Å². The van der Waals surface area contributed by atoms with E-state index in [4.69, 9.17) is 4.74 Å². The van der Waals surface area contributed by atoms with Crippen molar-refractivity contribution in [1.29, 1.82) is 0 Å². The van der Waals surface area contributed by atoms with E-state index in [2.05, 4.69) is 34.8 Å². The molecule has 1 aliphatic carbocycles. The molecule has 4 rings (SSSR count). The minimum Gasteiger partial charge on any atom is -0.370 e. The second-order valence-electron chi connectivity index (χ2n) is 6.25. The van der Waals surface area contributed by atoms with Crippen LogP contribution in [0.5, 0.6) is 0 Å². The Labute approximate surface area is 137 Å². The molecule has 1 fully saturated rings. The van der Waals surface area contributed by atoms with E-state index in [0.717, 1.165) is 37.1 Å². The highest BCUT2D eigenvalue weighted by atomic mass is 16.5. The number of likely N-dealkylation sites (N-methyl/N-ethyl adjacent to an activating group) is 1. The summed E-state index contributed by atoms with van der Waals surface area (Å²) in [5.41, 5.74) is 4.39. The lowest BCUT2D eigenvalue weighted by atomic mass is 9.86. The van der Waals surface area contributed by atoms with E-state index >= 15 is 0 Å². The van der Waals surface area contributed by atoms with Crippen LogP contribution >= 0.6 is 0 Å². The van der Waals surface area contributed by atoms with E-state index < -0.39 is 0 Å². The Morgan fingerprint density at radius 1 is 1.17 bits per heavy atom. The summed E-state index contributed by atoms with van der Waals surface area (Å²) in [6, 6.07) is 12.7. The van der Waals surface area contributed by atoms with Crippen LogP contribution in [-0.2, 0) is 11.2 Å². The van der Waals surface area contributed by atoms with E-state index in [1.165, 1.54) is 11.3 Å². The van der Waals surface area contributed by atoms with Crippen LogP contribution in [0.1, 0.15) is 34.9 Å². The zero-order valence-electron chi connectivity index (χ0n) is 13.3. The lowest BCUT2D eigenvalue weighted by molar-refractivity contribution is -0.0710. The zero-order chi connectivity index (χ0) is 15.6. The van der Waals surface area contributed by atoms with Gasteiger partial charge >= 0.3 is 0 Å². The summed E-state index contributed by atoms with van der Waals surface area (Å²) in [6.07, 6.45) is 4.18. The number of rotatable bonds is 0. The molecule has 0 amide bonds. The molecule has 3 heteroatoms. The summed E-state index contributed by atoms with van der Waals surface area (Å²) < 4.78 is 6.07. The van der Waals surface area contributed by atoms with Crippen LogP contribution in [0.4, 0.5) is 0 Å². The third-order valence-electron chi connectivity index (χ3n) is 4.77. The predicted octanol–water partition coefficient (Wildman–Crippen LogP) is 2.80. The van der Waals surface area contributed by atoms with E-state index in [0.29, 0.717) is 6.04 Å². The molecule has 0 unspecified atom stereocenters. The second-order valence-corrected chi connectivity index (χ2v) is 6.25. The molecule has 1 aliphatic heterocycles. The van der Waals surface area contributed by atoms with Crippen LogP contribution in [0.15, 0.2) is 42.6 Å². The van der Waals surface area contributed by atoms with Gasteiger partial charge in [-0.25, -0.2) is 0 Å². The fraction of sp³-hybridized carbons (Fsp3) is 0.350. The van der Waals surface area contributed by atoms with Crippen molar-refractivity contribution in [2.24, 2.45) is 0 Å². The molecule has 0 spiro atoms. The summed E-state index contributed by atoms with van der Waals surface area (Å²) in [6.45, 7) is 1.80. The van der Waals surface area contributed by atoms with Gasteiger partial charge < -0.3 is 4.74 Å². The molecular weight excluding hydrogens is 284 g/mol. The van der Waals surface area contributed by atoms with Crippen molar-refractivity contribution in [2.75, 3.05) is 20.2 Å².